The van der Waals surface area contributed by atoms with Gasteiger partial charge in [-0.3, -0.25) is 9.59 Å². The summed E-state index contributed by atoms with van der Waals surface area (Å²) in [6.07, 6.45) is 1.35. The van der Waals surface area contributed by atoms with Gasteiger partial charge in [-0.05, 0) is 28.9 Å². The number of hydrogen-bond donors (Lipinski definition) is 1. The molecule has 6 heteroatoms. The number of pyridine rings is 1. The molecule has 1 amide bonds. The molecule has 0 fully saturated rings. The second kappa shape index (κ2) is 5.23. The Labute approximate surface area is 100 Å². The van der Waals surface area contributed by atoms with E-state index in [0.29, 0.717) is 10.2 Å². The maximum atomic E-state index is 11.3. The van der Waals surface area contributed by atoms with Crippen LogP contribution in [0.5, 0.6) is 0 Å². The molecule has 80 valence electrons. The predicted molar refractivity (Wildman–Crippen MR) is 60.9 cm³/mol. The van der Waals surface area contributed by atoms with Crippen molar-refractivity contribution in [2.45, 2.75) is 13.3 Å². The molecular formula is C9H8BrClN2O2. The first-order chi connectivity index (χ1) is 6.99. The van der Waals surface area contributed by atoms with Crippen molar-refractivity contribution in [2.24, 2.45) is 0 Å². The number of nitrogens with one attached hydrogen (secondary N) is 1. The molecule has 15 heavy (non-hydrogen) atoms. The Balaban J connectivity index is 2.76. The van der Waals surface area contributed by atoms with Gasteiger partial charge in [0.05, 0.1) is 12.1 Å². The van der Waals surface area contributed by atoms with Crippen molar-refractivity contribution in [3.8, 4) is 0 Å². The SMILES string of the molecule is CC(=O)CC(=O)Nc1cc(Br)cnc1Cl. The van der Waals surface area contributed by atoms with Crippen LogP contribution in [0, 0.1) is 0 Å². The van der Waals surface area contributed by atoms with Gasteiger partial charge in [0.2, 0.25) is 5.91 Å². The average molecular weight is 292 g/mol. The molecule has 1 aromatic heterocycles. The van der Waals surface area contributed by atoms with Gasteiger partial charge >= 0.3 is 0 Å². The molecule has 0 bridgehead atoms. The number of rotatable bonds is 3. The van der Waals surface area contributed by atoms with E-state index in [4.69, 9.17) is 11.6 Å². The van der Waals surface area contributed by atoms with Crippen LogP contribution in [0.4, 0.5) is 5.69 Å². The van der Waals surface area contributed by atoms with E-state index in [-0.39, 0.29) is 17.4 Å². The molecule has 1 N–H and O–H groups in total. The molecule has 0 atom stereocenters. The van der Waals surface area contributed by atoms with Gasteiger partial charge in [0, 0.05) is 10.7 Å². The lowest BCUT2D eigenvalue weighted by Gasteiger charge is -2.05. The number of hydrogen-bond acceptors (Lipinski definition) is 3. The Hall–Kier alpha value is -0.940. The quantitative estimate of drug-likeness (QED) is 0.687. The van der Waals surface area contributed by atoms with Gasteiger partial charge in [-0.25, -0.2) is 4.98 Å². The van der Waals surface area contributed by atoms with Crippen molar-refractivity contribution in [1.29, 1.82) is 0 Å². The van der Waals surface area contributed by atoms with E-state index in [0.717, 1.165) is 0 Å². The summed E-state index contributed by atoms with van der Waals surface area (Å²) in [6.45, 7) is 1.35. The molecule has 0 saturated carbocycles. The van der Waals surface area contributed by atoms with Crippen molar-refractivity contribution < 1.29 is 9.59 Å². The lowest BCUT2D eigenvalue weighted by atomic mass is 10.3. The summed E-state index contributed by atoms with van der Waals surface area (Å²) >= 11 is 8.94. The third-order valence-electron chi connectivity index (χ3n) is 1.49. The lowest BCUT2D eigenvalue weighted by Crippen LogP contribution is -2.15. The fourth-order valence-corrected chi connectivity index (χ4v) is 1.41. The molecule has 0 aliphatic rings. The van der Waals surface area contributed by atoms with Crippen molar-refractivity contribution in [3.05, 3.63) is 21.9 Å². The first-order valence-electron chi connectivity index (χ1n) is 4.09. The Morgan fingerprint density at radius 2 is 2.27 bits per heavy atom. The van der Waals surface area contributed by atoms with Crippen molar-refractivity contribution in [3.63, 3.8) is 0 Å². The fraction of sp³-hybridized carbons (Fsp3) is 0.222. The first kappa shape index (κ1) is 12.1. The number of anilines is 1. The second-order valence-electron chi connectivity index (χ2n) is 2.92. The molecule has 0 aliphatic heterocycles. The van der Waals surface area contributed by atoms with E-state index in [1.54, 1.807) is 6.07 Å². The molecule has 4 nitrogen and oxygen atoms in total. The van der Waals surface area contributed by atoms with E-state index < -0.39 is 5.91 Å². The average Bonchev–Trinajstić information content (AvgIpc) is 2.10. The monoisotopic (exact) mass is 290 g/mol. The summed E-state index contributed by atoms with van der Waals surface area (Å²) < 4.78 is 0.699. The van der Waals surface area contributed by atoms with E-state index >= 15 is 0 Å². The first-order valence-corrected chi connectivity index (χ1v) is 5.26. The minimum absolute atomic E-state index is 0.164. The van der Waals surface area contributed by atoms with Crippen LogP contribution in [0.2, 0.25) is 5.15 Å². The van der Waals surface area contributed by atoms with Gasteiger partial charge in [0.1, 0.15) is 5.78 Å². The normalized spacial score (nSPS) is 9.80. The van der Waals surface area contributed by atoms with Crippen LogP contribution in [0.15, 0.2) is 16.7 Å². The molecule has 1 rings (SSSR count). The summed E-state index contributed by atoms with van der Waals surface area (Å²) in [5.41, 5.74) is 0.386. The zero-order valence-corrected chi connectivity index (χ0v) is 10.2. The smallest absolute Gasteiger partial charge is 0.231 e. The van der Waals surface area contributed by atoms with Crippen molar-refractivity contribution >= 4 is 44.9 Å². The molecule has 0 saturated heterocycles. The highest BCUT2D eigenvalue weighted by Crippen LogP contribution is 2.22. The summed E-state index contributed by atoms with van der Waals surface area (Å²) in [6, 6.07) is 1.62. The van der Waals surface area contributed by atoms with Crippen LogP contribution in [0.25, 0.3) is 0 Å². The van der Waals surface area contributed by atoms with E-state index in [1.807, 2.05) is 0 Å². The highest BCUT2D eigenvalue weighted by atomic mass is 79.9. The minimum Gasteiger partial charge on any atom is -0.323 e. The highest BCUT2D eigenvalue weighted by Gasteiger charge is 2.09. The molecule has 1 aromatic rings. The summed E-state index contributed by atoms with van der Waals surface area (Å²) in [5.74, 6) is -0.601. The Morgan fingerprint density at radius 3 is 2.87 bits per heavy atom. The van der Waals surface area contributed by atoms with Crippen LogP contribution < -0.4 is 5.32 Å². The van der Waals surface area contributed by atoms with Crippen LogP contribution in [0.1, 0.15) is 13.3 Å². The molecular weight excluding hydrogens is 283 g/mol. The standard InChI is InChI=1S/C9H8BrClN2O2/c1-5(14)2-8(15)13-7-3-6(10)4-12-9(7)11/h3-4H,2H2,1H3,(H,13,15). The van der Waals surface area contributed by atoms with Gasteiger partial charge in [0.15, 0.2) is 5.15 Å². The molecule has 0 spiro atoms. The van der Waals surface area contributed by atoms with Crippen LogP contribution >= 0.6 is 27.5 Å². The van der Waals surface area contributed by atoms with Gasteiger partial charge in [-0.15, -0.1) is 0 Å². The maximum Gasteiger partial charge on any atom is 0.231 e. The summed E-state index contributed by atoms with van der Waals surface area (Å²) in [7, 11) is 0. The van der Waals surface area contributed by atoms with E-state index in [1.165, 1.54) is 13.1 Å². The van der Waals surface area contributed by atoms with Crippen molar-refractivity contribution in [2.75, 3.05) is 5.32 Å². The summed E-state index contributed by atoms with van der Waals surface area (Å²) in [5, 5.41) is 2.69. The number of halogens is 2. The minimum atomic E-state index is -0.399. The number of ketones is 1. The number of carbonyl (C=O) groups is 2. The van der Waals surface area contributed by atoms with E-state index in [9.17, 15) is 9.59 Å². The molecule has 0 radical (unpaired) electrons. The van der Waals surface area contributed by atoms with Gasteiger partial charge in [-0.1, -0.05) is 11.6 Å². The molecule has 0 aliphatic carbocycles. The highest BCUT2D eigenvalue weighted by molar-refractivity contribution is 9.10. The zero-order chi connectivity index (χ0) is 11.4. The van der Waals surface area contributed by atoms with Crippen LogP contribution in [-0.2, 0) is 9.59 Å². The maximum absolute atomic E-state index is 11.3. The molecule has 0 aromatic carbocycles. The third-order valence-corrected chi connectivity index (χ3v) is 2.22. The van der Waals surface area contributed by atoms with Crippen molar-refractivity contribution in [1.82, 2.24) is 4.98 Å². The lowest BCUT2D eigenvalue weighted by molar-refractivity contribution is -0.124. The Kier molecular flexibility index (Phi) is 4.23. The number of Topliss-reactive ketones (excluding diaryl/α,β-unsaturated/α-hetero) is 1. The fourth-order valence-electron chi connectivity index (χ4n) is 0.931. The van der Waals surface area contributed by atoms with E-state index in [2.05, 4.69) is 26.2 Å². The van der Waals surface area contributed by atoms with Gasteiger partial charge in [0.25, 0.3) is 0 Å². The zero-order valence-electron chi connectivity index (χ0n) is 7.88. The van der Waals surface area contributed by atoms with Crippen LogP contribution in [-0.4, -0.2) is 16.7 Å². The number of amides is 1. The second-order valence-corrected chi connectivity index (χ2v) is 4.19. The molecule has 1 heterocycles. The topological polar surface area (TPSA) is 59.1 Å². The predicted octanol–water partition coefficient (Wildman–Crippen LogP) is 2.42. The summed E-state index contributed by atoms with van der Waals surface area (Å²) in [4.78, 5) is 25.8. The largest absolute Gasteiger partial charge is 0.323 e. The number of aromatic nitrogens is 1. The third kappa shape index (κ3) is 3.97. The Bertz CT molecular complexity index is 409. The molecule has 0 unspecified atom stereocenters. The Morgan fingerprint density at radius 1 is 1.60 bits per heavy atom. The van der Waals surface area contributed by atoms with Gasteiger partial charge < -0.3 is 5.32 Å². The van der Waals surface area contributed by atoms with Crippen LogP contribution in [0.3, 0.4) is 0 Å². The number of nitrogens with zero attached hydrogens (tertiary/aromatic N) is 1. The number of carbonyl (C=O) groups excluding carboxylic acids is 2. The van der Waals surface area contributed by atoms with Gasteiger partial charge in [-0.2, -0.15) is 0 Å².